The molecular formula is C54H46O27. The van der Waals surface area contributed by atoms with Crippen LogP contribution in [-0.2, 0) is 57.5 Å². The summed E-state index contributed by atoms with van der Waals surface area (Å²) in [6.07, 6.45) is 0. The molecule has 424 valence electrons. The van der Waals surface area contributed by atoms with Crippen LogP contribution in [0.3, 0.4) is 0 Å². The maximum atomic E-state index is 13.2. The minimum Gasteiger partial charge on any atom is -0.507 e. The molecule has 0 heterocycles. The Morgan fingerprint density at radius 2 is 0.469 bits per heavy atom. The van der Waals surface area contributed by atoms with Crippen molar-refractivity contribution in [3.63, 3.8) is 0 Å². The van der Waals surface area contributed by atoms with E-state index in [1.807, 2.05) is 0 Å². The molecule has 5 aromatic carbocycles. The first-order valence-electron chi connectivity index (χ1n) is 23.1. The summed E-state index contributed by atoms with van der Waals surface area (Å²) in [4.78, 5) is 152. The first-order chi connectivity index (χ1) is 37.9. The molecule has 5 rings (SSSR count). The molecule has 0 saturated carbocycles. The lowest BCUT2D eigenvalue weighted by molar-refractivity contribution is -0.134. The maximum absolute atomic E-state index is 13.2. The van der Waals surface area contributed by atoms with Gasteiger partial charge in [-0.25, -0.2) is 0 Å². The highest BCUT2D eigenvalue weighted by atomic mass is 16.6. The number of phenolic OH excluding ortho intramolecular Hbond substituents is 1. The molecule has 0 atom stereocenters. The number of ether oxygens (including phenoxy) is 14. The van der Waals surface area contributed by atoms with Crippen molar-refractivity contribution in [2.75, 3.05) is 0 Å². The Hall–Kier alpha value is -10.9. The van der Waals surface area contributed by atoms with Crippen LogP contribution >= 0.6 is 0 Å². The fraction of sp³-hybridized carbons (Fsp3) is 0.222. The number of aromatic hydroxyl groups is 1. The highest BCUT2D eigenvalue weighted by Gasteiger charge is 2.35. The molecule has 0 aliphatic heterocycles. The zero-order chi connectivity index (χ0) is 60.3. The first kappa shape index (κ1) is 61.0. The molecule has 27 nitrogen and oxygen atoms in total. The summed E-state index contributed by atoms with van der Waals surface area (Å²) in [6, 6.07) is 8.50. The largest absolute Gasteiger partial charge is 0.507 e. The lowest BCUT2D eigenvalue weighted by atomic mass is 9.99. The van der Waals surface area contributed by atoms with E-state index in [9.17, 15) is 62.6 Å². The molecule has 0 radical (unpaired) electrons. The van der Waals surface area contributed by atoms with Crippen molar-refractivity contribution in [3.05, 3.63) is 54.6 Å². The van der Waals surface area contributed by atoms with Gasteiger partial charge < -0.3 is 71.4 Å². The van der Waals surface area contributed by atoms with E-state index in [1.165, 1.54) is 0 Å². The number of benzene rings is 5. The second-order valence-corrected chi connectivity index (χ2v) is 16.4. The minimum absolute atomic E-state index is 0.315. The van der Waals surface area contributed by atoms with Crippen LogP contribution in [0.2, 0.25) is 0 Å². The smallest absolute Gasteiger partial charge is 0.308 e. The van der Waals surface area contributed by atoms with E-state index >= 15 is 0 Å². The van der Waals surface area contributed by atoms with Crippen LogP contribution in [-0.4, -0.2) is 76.7 Å². The fourth-order valence-electron chi connectivity index (χ4n) is 7.18. The van der Waals surface area contributed by atoms with Crippen LogP contribution in [0.15, 0.2) is 54.6 Å². The summed E-state index contributed by atoms with van der Waals surface area (Å²) in [7, 11) is 0. The Kier molecular flexibility index (Phi) is 19.6. The zero-order valence-corrected chi connectivity index (χ0v) is 44.8. The van der Waals surface area contributed by atoms with Gasteiger partial charge in [0.1, 0.15) is 63.2 Å². The number of hydrogen-bond donors (Lipinski definition) is 1. The van der Waals surface area contributed by atoms with Crippen LogP contribution in [0.5, 0.6) is 97.7 Å². The van der Waals surface area contributed by atoms with Gasteiger partial charge >= 0.3 is 71.6 Å². The summed E-state index contributed by atoms with van der Waals surface area (Å²) < 4.78 is 77.7. The van der Waals surface area contributed by atoms with Crippen LogP contribution in [0.25, 0.3) is 22.3 Å². The average Bonchev–Trinajstić information content (AvgIpc) is 3.27. The highest BCUT2D eigenvalue weighted by Crippen LogP contribution is 2.58. The molecule has 0 fully saturated rings. The SMILES string of the molecule is CC(=O)Oc1cc(O)c(-c2c(OC(C)=O)cc(Oc3c(OC(C)=O)cc(Oc4c(OC(C)=O)cc(OC(C)=O)c(-c5c(OC(C)=O)cc(OC(C)=O)cc5OC(C)=O)c4OC(C)=O)cc3OC(C)=O)cc2OC(C)=O)c(OC(C)=O)c1. The zero-order valence-electron chi connectivity index (χ0n) is 44.8. The fourth-order valence-corrected chi connectivity index (χ4v) is 7.18. The van der Waals surface area contributed by atoms with E-state index in [4.69, 9.17) is 66.3 Å². The van der Waals surface area contributed by atoms with E-state index in [0.717, 1.165) is 138 Å². The molecular weight excluding hydrogens is 1080 g/mol. The molecule has 27 heteroatoms. The van der Waals surface area contributed by atoms with Crippen molar-refractivity contribution in [3.8, 4) is 120 Å². The van der Waals surface area contributed by atoms with Gasteiger partial charge in [0, 0.05) is 138 Å². The third-order valence-corrected chi connectivity index (χ3v) is 9.29. The van der Waals surface area contributed by atoms with Gasteiger partial charge in [0.2, 0.25) is 11.5 Å². The van der Waals surface area contributed by atoms with E-state index < -0.39 is 180 Å². The average molecular weight is 1130 g/mol. The molecule has 0 amide bonds. The Bertz CT molecular complexity index is 3380. The highest BCUT2D eigenvalue weighted by molar-refractivity contribution is 5.96. The Labute approximate surface area is 457 Å². The standard InChI is InChI=1S/C54H46O27/c1-22(55)68-34-13-38(67)48(39(14-34)70-24(3)57)49-40(71-25(4)58)17-36(18-41(49)72-26(5)59)80-52-45(76-30(9)63)19-37(20-46(52)77-31(10)64)81-53-47(78-32(11)65)21-44(75-29(8)62)51(54(53)79-33(12)66)50-42(73-27(6)60)15-35(69-23(2)56)16-43(50)74-28(7)61/h13-21,67H,1-12H3. The molecule has 0 unspecified atom stereocenters. The number of carbonyl (C=O) groups is 12. The normalized spacial score (nSPS) is 10.4. The predicted octanol–water partition coefficient (Wildman–Crippen LogP) is 7.41. The topological polar surface area (TPSA) is 354 Å². The van der Waals surface area contributed by atoms with Crippen LogP contribution < -0.4 is 66.3 Å². The van der Waals surface area contributed by atoms with E-state index in [0.29, 0.717) is 0 Å². The molecule has 0 spiro atoms. The number of hydrogen-bond acceptors (Lipinski definition) is 27. The molecule has 0 aromatic heterocycles. The third-order valence-electron chi connectivity index (χ3n) is 9.29. The van der Waals surface area contributed by atoms with Crippen molar-refractivity contribution in [1.82, 2.24) is 0 Å². The summed E-state index contributed by atoms with van der Waals surface area (Å²) in [5, 5.41) is 11.4. The van der Waals surface area contributed by atoms with Gasteiger partial charge in [-0.3, -0.25) is 57.5 Å². The first-order valence-corrected chi connectivity index (χ1v) is 23.1. The minimum atomic E-state index is -1.16. The number of rotatable bonds is 18. The quantitative estimate of drug-likeness (QED) is 0.0658. The molecule has 1 N–H and O–H groups in total. The second-order valence-electron chi connectivity index (χ2n) is 16.4. The van der Waals surface area contributed by atoms with Crippen LogP contribution in [0.4, 0.5) is 0 Å². The van der Waals surface area contributed by atoms with E-state index in [-0.39, 0.29) is 11.5 Å². The Balaban J connectivity index is 1.91. The number of esters is 12. The summed E-state index contributed by atoms with van der Waals surface area (Å²) >= 11 is 0. The van der Waals surface area contributed by atoms with Crippen molar-refractivity contribution in [2.24, 2.45) is 0 Å². The van der Waals surface area contributed by atoms with E-state index in [1.54, 1.807) is 0 Å². The summed E-state index contributed by atoms with van der Waals surface area (Å²) in [6.45, 7) is 11.5. The second kappa shape index (κ2) is 26.0. The van der Waals surface area contributed by atoms with Gasteiger partial charge in [0.25, 0.3) is 0 Å². The Morgan fingerprint density at radius 1 is 0.235 bits per heavy atom. The molecule has 0 aliphatic carbocycles. The lowest BCUT2D eigenvalue weighted by Gasteiger charge is -2.23. The van der Waals surface area contributed by atoms with Crippen LogP contribution in [0, 0.1) is 0 Å². The lowest BCUT2D eigenvalue weighted by Crippen LogP contribution is -2.13. The van der Waals surface area contributed by atoms with Gasteiger partial charge in [-0.15, -0.1) is 0 Å². The summed E-state index contributed by atoms with van der Waals surface area (Å²) in [5.41, 5.74) is -2.04. The van der Waals surface area contributed by atoms with Crippen molar-refractivity contribution in [2.45, 2.75) is 83.1 Å². The maximum Gasteiger partial charge on any atom is 0.308 e. The van der Waals surface area contributed by atoms with Gasteiger partial charge in [-0.2, -0.15) is 0 Å². The predicted molar refractivity (Wildman–Crippen MR) is 268 cm³/mol. The van der Waals surface area contributed by atoms with Crippen molar-refractivity contribution in [1.29, 1.82) is 0 Å². The van der Waals surface area contributed by atoms with Crippen molar-refractivity contribution >= 4 is 71.6 Å². The number of phenols is 1. The van der Waals surface area contributed by atoms with Gasteiger partial charge in [0.15, 0.2) is 23.0 Å². The van der Waals surface area contributed by atoms with E-state index in [2.05, 4.69) is 0 Å². The molecule has 0 aliphatic rings. The monoisotopic (exact) mass is 1130 g/mol. The van der Waals surface area contributed by atoms with Gasteiger partial charge in [-0.1, -0.05) is 0 Å². The number of carbonyl (C=O) groups excluding carboxylic acids is 12. The molecule has 81 heavy (non-hydrogen) atoms. The molecule has 5 aromatic rings. The third kappa shape index (κ3) is 16.6. The van der Waals surface area contributed by atoms with Gasteiger partial charge in [0.05, 0.1) is 22.3 Å². The summed E-state index contributed by atoms with van der Waals surface area (Å²) in [5.74, 6) is -22.7. The van der Waals surface area contributed by atoms with Crippen molar-refractivity contribution < 1.29 is 129 Å². The molecule has 0 bridgehead atoms. The van der Waals surface area contributed by atoms with Crippen LogP contribution in [0.1, 0.15) is 83.1 Å². The molecule has 0 saturated heterocycles. The van der Waals surface area contributed by atoms with Gasteiger partial charge in [-0.05, 0) is 0 Å². The Morgan fingerprint density at radius 3 is 0.802 bits per heavy atom.